The summed E-state index contributed by atoms with van der Waals surface area (Å²) >= 11 is 0. The minimum atomic E-state index is -0.422. The van der Waals surface area contributed by atoms with E-state index in [1.807, 2.05) is 18.2 Å². The van der Waals surface area contributed by atoms with Gasteiger partial charge in [-0.1, -0.05) is 6.07 Å². The third kappa shape index (κ3) is 3.46. The minimum Gasteiger partial charge on any atom is -0.493 e. The Morgan fingerprint density at radius 1 is 1.19 bits per heavy atom. The summed E-state index contributed by atoms with van der Waals surface area (Å²) in [7, 11) is 3.16. The summed E-state index contributed by atoms with van der Waals surface area (Å²) in [4.78, 5) is 16.8. The van der Waals surface area contributed by atoms with Gasteiger partial charge >= 0.3 is 0 Å². The molecule has 136 valence electrons. The summed E-state index contributed by atoms with van der Waals surface area (Å²) in [5.74, 6) is 0.587. The van der Waals surface area contributed by atoms with Crippen molar-refractivity contribution < 1.29 is 18.7 Å². The maximum absolute atomic E-state index is 13.5. The lowest BCUT2D eigenvalue weighted by Gasteiger charge is -2.10. The van der Waals surface area contributed by atoms with E-state index in [-0.39, 0.29) is 5.91 Å². The molecule has 2 heterocycles. The fourth-order valence-electron chi connectivity index (χ4n) is 2.85. The summed E-state index contributed by atoms with van der Waals surface area (Å²) in [6, 6.07) is 8.48. The number of rotatable bonds is 6. The number of pyridine rings is 1. The molecular formula is C19H20FN3O3. The van der Waals surface area contributed by atoms with Crippen LogP contribution in [0.1, 0.15) is 21.7 Å². The van der Waals surface area contributed by atoms with Crippen molar-refractivity contribution >= 4 is 11.6 Å². The first-order valence-corrected chi connectivity index (χ1v) is 8.16. The van der Waals surface area contributed by atoms with Gasteiger partial charge in [0.1, 0.15) is 17.2 Å². The fraction of sp³-hybridized carbons (Fsp3) is 0.263. The molecule has 1 amide bonds. The van der Waals surface area contributed by atoms with E-state index in [4.69, 9.17) is 9.47 Å². The van der Waals surface area contributed by atoms with Crippen molar-refractivity contribution in [1.82, 2.24) is 14.7 Å². The molecule has 0 bridgehead atoms. The van der Waals surface area contributed by atoms with Crippen LogP contribution in [0.5, 0.6) is 11.5 Å². The van der Waals surface area contributed by atoms with Crippen LogP contribution in [0.25, 0.3) is 5.65 Å². The zero-order chi connectivity index (χ0) is 18.7. The molecule has 0 saturated heterocycles. The zero-order valence-corrected chi connectivity index (χ0v) is 14.9. The Hall–Kier alpha value is -3.09. The molecule has 26 heavy (non-hydrogen) atoms. The van der Waals surface area contributed by atoms with Gasteiger partial charge < -0.3 is 14.8 Å². The molecule has 3 rings (SSSR count). The number of nitrogens with one attached hydrogen (secondary N) is 1. The number of halogens is 1. The van der Waals surface area contributed by atoms with Gasteiger partial charge in [0.15, 0.2) is 11.5 Å². The molecule has 1 aromatic carbocycles. The van der Waals surface area contributed by atoms with Crippen LogP contribution >= 0.6 is 0 Å². The van der Waals surface area contributed by atoms with Crippen molar-refractivity contribution in [3.63, 3.8) is 0 Å². The van der Waals surface area contributed by atoms with Crippen LogP contribution in [-0.4, -0.2) is 36.1 Å². The predicted molar refractivity (Wildman–Crippen MR) is 95.5 cm³/mol. The number of aryl methyl sites for hydroxylation is 1. The summed E-state index contributed by atoms with van der Waals surface area (Å²) in [6.45, 7) is 2.16. The van der Waals surface area contributed by atoms with Crippen molar-refractivity contribution in [2.45, 2.75) is 13.3 Å². The molecule has 2 aromatic heterocycles. The minimum absolute atomic E-state index is 0.291. The largest absolute Gasteiger partial charge is 0.493 e. The van der Waals surface area contributed by atoms with Gasteiger partial charge in [0, 0.05) is 12.7 Å². The lowest BCUT2D eigenvalue weighted by molar-refractivity contribution is 0.0947. The SMILES string of the molecule is COc1ccc(CCNC(=O)c2c(C)nc3ccc(F)cn23)cc1OC. The van der Waals surface area contributed by atoms with Crippen LogP contribution in [0.2, 0.25) is 0 Å². The number of imidazole rings is 1. The number of fused-ring (bicyclic) bond motifs is 1. The first-order valence-electron chi connectivity index (χ1n) is 8.16. The van der Waals surface area contributed by atoms with Crippen LogP contribution in [0.4, 0.5) is 4.39 Å². The van der Waals surface area contributed by atoms with Crippen LogP contribution in [0, 0.1) is 12.7 Å². The van der Waals surface area contributed by atoms with Crippen molar-refractivity contribution in [2.75, 3.05) is 20.8 Å². The van der Waals surface area contributed by atoms with E-state index in [9.17, 15) is 9.18 Å². The number of carbonyl (C=O) groups is 1. The molecule has 0 spiro atoms. The topological polar surface area (TPSA) is 64.9 Å². The van der Waals surface area contributed by atoms with E-state index in [0.717, 1.165) is 5.56 Å². The van der Waals surface area contributed by atoms with Crippen molar-refractivity contribution in [1.29, 1.82) is 0 Å². The number of hydrogen-bond acceptors (Lipinski definition) is 4. The first kappa shape index (κ1) is 17.7. The van der Waals surface area contributed by atoms with Crippen LogP contribution in [-0.2, 0) is 6.42 Å². The van der Waals surface area contributed by atoms with Gasteiger partial charge in [0.05, 0.1) is 19.9 Å². The van der Waals surface area contributed by atoms with Crippen molar-refractivity contribution in [3.05, 3.63) is 59.3 Å². The van der Waals surface area contributed by atoms with E-state index < -0.39 is 5.82 Å². The van der Waals surface area contributed by atoms with E-state index in [0.29, 0.717) is 41.5 Å². The summed E-state index contributed by atoms with van der Waals surface area (Å²) in [6.07, 6.45) is 1.88. The van der Waals surface area contributed by atoms with E-state index in [1.165, 1.54) is 16.7 Å². The maximum Gasteiger partial charge on any atom is 0.270 e. The molecule has 0 aliphatic heterocycles. The number of ether oxygens (including phenoxy) is 2. The number of amides is 1. The molecule has 1 N–H and O–H groups in total. The van der Waals surface area contributed by atoms with Gasteiger partial charge in [-0.3, -0.25) is 9.20 Å². The Kier molecular flexibility index (Phi) is 5.06. The third-order valence-corrected chi connectivity index (χ3v) is 4.12. The van der Waals surface area contributed by atoms with Gasteiger partial charge in [-0.15, -0.1) is 0 Å². The number of hydrogen-bond donors (Lipinski definition) is 1. The molecular weight excluding hydrogens is 337 g/mol. The molecule has 0 aliphatic rings. The molecule has 0 aliphatic carbocycles. The Balaban J connectivity index is 1.70. The third-order valence-electron chi connectivity index (χ3n) is 4.12. The average molecular weight is 357 g/mol. The average Bonchev–Trinajstić information content (AvgIpc) is 2.96. The van der Waals surface area contributed by atoms with Crippen LogP contribution in [0.15, 0.2) is 36.5 Å². The lowest BCUT2D eigenvalue weighted by atomic mass is 10.1. The van der Waals surface area contributed by atoms with Crippen LogP contribution in [0.3, 0.4) is 0 Å². The highest BCUT2D eigenvalue weighted by Gasteiger charge is 2.16. The monoisotopic (exact) mass is 357 g/mol. The molecule has 6 nitrogen and oxygen atoms in total. The van der Waals surface area contributed by atoms with Crippen molar-refractivity contribution in [3.8, 4) is 11.5 Å². The van der Waals surface area contributed by atoms with E-state index in [1.54, 1.807) is 27.2 Å². The highest BCUT2D eigenvalue weighted by molar-refractivity contribution is 5.94. The maximum atomic E-state index is 13.5. The number of methoxy groups -OCH3 is 2. The predicted octanol–water partition coefficient (Wildman–Crippen LogP) is 2.77. The highest BCUT2D eigenvalue weighted by atomic mass is 19.1. The summed E-state index contributed by atoms with van der Waals surface area (Å²) < 4.78 is 25.5. The standard InChI is InChI=1S/C19H20FN3O3/c1-12-18(23-11-14(20)5-7-17(23)22-12)19(24)21-9-8-13-4-6-15(25-2)16(10-13)26-3/h4-7,10-11H,8-9H2,1-3H3,(H,21,24). The van der Waals surface area contributed by atoms with Gasteiger partial charge in [0.2, 0.25) is 0 Å². The Bertz CT molecular complexity index is 953. The molecule has 0 fully saturated rings. The summed E-state index contributed by atoms with van der Waals surface area (Å²) in [5.41, 5.74) is 2.43. The fourth-order valence-corrected chi connectivity index (χ4v) is 2.85. The molecule has 0 radical (unpaired) electrons. The molecule has 7 heteroatoms. The van der Waals surface area contributed by atoms with Crippen molar-refractivity contribution in [2.24, 2.45) is 0 Å². The van der Waals surface area contributed by atoms with Gasteiger partial charge in [-0.05, 0) is 43.2 Å². The lowest BCUT2D eigenvalue weighted by Crippen LogP contribution is -2.27. The number of carbonyl (C=O) groups excluding carboxylic acids is 1. The van der Waals surface area contributed by atoms with E-state index >= 15 is 0 Å². The second-order valence-corrected chi connectivity index (χ2v) is 5.82. The molecule has 0 saturated carbocycles. The quantitative estimate of drug-likeness (QED) is 0.737. The smallest absolute Gasteiger partial charge is 0.270 e. The molecule has 0 unspecified atom stereocenters. The second-order valence-electron chi connectivity index (χ2n) is 5.82. The highest BCUT2D eigenvalue weighted by Crippen LogP contribution is 2.27. The Morgan fingerprint density at radius 2 is 1.96 bits per heavy atom. The summed E-state index contributed by atoms with van der Waals surface area (Å²) in [5, 5.41) is 2.86. The Labute approximate surface area is 150 Å². The van der Waals surface area contributed by atoms with Gasteiger partial charge in [-0.25, -0.2) is 9.37 Å². The number of benzene rings is 1. The second kappa shape index (κ2) is 7.43. The van der Waals surface area contributed by atoms with E-state index in [2.05, 4.69) is 10.3 Å². The first-order chi connectivity index (χ1) is 12.5. The normalized spacial score (nSPS) is 10.8. The Morgan fingerprint density at radius 3 is 2.69 bits per heavy atom. The zero-order valence-electron chi connectivity index (χ0n) is 14.9. The van der Waals surface area contributed by atoms with Gasteiger partial charge in [0.25, 0.3) is 5.91 Å². The van der Waals surface area contributed by atoms with Crippen LogP contribution < -0.4 is 14.8 Å². The number of aromatic nitrogens is 2. The molecule has 0 atom stereocenters. The number of nitrogens with zero attached hydrogens (tertiary/aromatic N) is 2. The molecule has 3 aromatic rings. The van der Waals surface area contributed by atoms with Gasteiger partial charge in [-0.2, -0.15) is 0 Å².